The minimum Gasteiger partial charge on any atom is -0.452 e. The lowest BCUT2D eigenvalue weighted by Gasteiger charge is -2.21. The maximum Gasteiger partial charge on any atom is 0.338 e. The summed E-state index contributed by atoms with van der Waals surface area (Å²) in [5, 5.41) is 13.2. The summed E-state index contributed by atoms with van der Waals surface area (Å²) in [5.41, 5.74) is -0.337. The molecule has 0 fully saturated rings. The monoisotopic (exact) mass is 469 g/mol. The second-order valence-corrected chi connectivity index (χ2v) is 9.10. The molecule has 2 aromatic carbocycles. The van der Waals surface area contributed by atoms with Gasteiger partial charge in [0.1, 0.15) is 5.02 Å². The Morgan fingerprint density at radius 3 is 2.52 bits per heavy atom. The van der Waals surface area contributed by atoms with E-state index in [4.69, 9.17) is 16.3 Å². The first-order valence-electron chi connectivity index (χ1n) is 8.92. The molecular weight excluding hydrogens is 450 g/mol. The van der Waals surface area contributed by atoms with Crippen LogP contribution in [0.25, 0.3) is 0 Å². The second-order valence-electron chi connectivity index (χ2n) is 6.69. The van der Waals surface area contributed by atoms with Crippen LogP contribution in [0.4, 0.5) is 11.4 Å². The van der Waals surface area contributed by atoms with Gasteiger partial charge in [-0.25, -0.2) is 13.2 Å². The number of benzene rings is 2. The van der Waals surface area contributed by atoms with Crippen LogP contribution in [-0.4, -0.2) is 49.2 Å². The minimum atomic E-state index is -3.80. The van der Waals surface area contributed by atoms with Crippen molar-refractivity contribution in [3.63, 3.8) is 0 Å². The SMILES string of the molecule is CC(C)N(C)S(=O)(=O)c1cccc(C(=O)OCC(=O)Nc2ccc(Cl)c([N+](=O)[O-])c2)c1. The van der Waals surface area contributed by atoms with Gasteiger partial charge in [0, 0.05) is 24.8 Å². The molecule has 0 unspecified atom stereocenters. The number of nitro groups is 1. The highest BCUT2D eigenvalue weighted by atomic mass is 35.5. The Kier molecular flexibility index (Phi) is 7.71. The molecule has 0 bridgehead atoms. The zero-order valence-electron chi connectivity index (χ0n) is 16.9. The molecule has 0 aliphatic heterocycles. The third-order valence-corrected chi connectivity index (χ3v) is 6.58. The van der Waals surface area contributed by atoms with E-state index in [2.05, 4.69) is 5.32 Å². The number of carbonyl (C=O) groups is 2. The van der Waals surface area contributed by atoms with E-state index in [1.807, 2.05) is 0 Å². The predicted molar refractivity (Wildman–Crippen MR) is 114 cm³/mol. The van der Waals surface area contributed by atoms with Crippen LogP contribution in [0.2, 0.25) is 5.02 Å². The molecule has 0 saturated carbocycles. The average molecular weight is 470 g/mol. The van der Waals surface area contributed by atoms with Crippen LogP contribution in [0.3, 0.4) is 0 Å². The Hall–Kier alpha value is -3.02. The molecule has 0 saturated heterocycles. The van der Waals surface area contributed by atoms with Crippen molar-refractivity contribution in [3.8, 4) is 0 Å². The number of esters is 1. The van der Waals surface area contributed by atoms with Crippen LogP contribution >= 0.6 is 11.6 Å². The summed E-state index contributed by atoms with van der Waals surface area (Å²) < 4.78 is 31.2. The van der Waals surface area contributed by atoms with Crippen LogP contribution in [-0.2, 0) is 19.6 Å². The Bertz CT molecular complexity index is 1120. The maximum atomic E-state index is 12.6. The third-order valence-electron chi connectivity index (χ3n) is 4.23. The van der Waals surface area contributed by atoms with Crippen LogP contribution in [0.15, 0.2) is 47.4 Å². The molecule has 2 aromatic rings. The summed E-state index contributed by atoms with van der Waals surface area (Å²) in [7, 11) is -2.37. The highest BCUT2D eigenvalue weighted by molar-refractivity contribution is 7.89. The van der Waals surface area contributed by atoms with Crippen LogP contribution < -0.4 is 5.32 Å². The molecule has 166 valence electrons. The topological polar surface area (TPSA) is 136 Å². The number of amides is 1. The van der Waals surface area contributed by atoms with E-state index in [0.29, 0.717) is 0 Å². The number of anilines is 1. The Morgan fingerprint density at radius 1 is 1.23 bits per heavy atom. The normalized spacial score (nSPS) is 11.4. The molecule has 0 heterocycles. The molecule has 12 heteroatoms. The van der Waals surface area contributed by atoms with Crippen molar-refractivity contribution in [1.29, 1.82) is 0 Å². The number of nitro benzene ring substituents is 1. The van der Waals surface area contributed by atoms with Gasteiger partial charge in [-0.2, -0.15) is 4.31 Å². The van der Waals surface area contributed by atoms with Crippen molar-refractivity contribution < 1.29 is 27.7 Å². The zero-order chi connectivity index (χ0) is 23.3. The van der Waals surface area contributed by atoms with Gasteiger partial charge in [-0.1, -0.05) is 17.7 Å². The molecule has 0 atom stereocenters. The molecule has 0 aliphatic rings. The van der Waals surface area contributed by atoms with Crippen molar-refractivity contribution >= 4 is 44.9 Å². The van der Waals surface area contributed by atoms with Gasteiger partial charge >= 0.3 is 5.97 Å². The molecule has 0 aliphatic carbocycles. The largest absolute Gasteiger partial charge is 0.452 e. The maximum absolute atomic E-state index is 12.6. The molecule has 0 radical (unpaired) electrons. The molecule has 1 amide bonds. The molecule has 0 aromatic heterocycles. The van der Waals surface area contributed by atoms with Gasteiger partial charge in [0.2, 0.25) is 10.0 Å². The number of nitrogens with zero attached hydrogens (tertiary/aromatic N) is 2. The van der Waals surface area contributed by atoms with Crippen molar-refractivity contribution in [3.05, 3.63) is 63.2 Å². The molecule has 0 spiro atoms. The second kappa shape index (κ2) is 9.86. The summed E-state index contributed by atoms with van der Waals surface area (Å²) in [6, 6.07) is 8.66. The molecular formula is C19H20ClN3O7S. The van der Waals surface area contributed by atoms with Crippen LogP contribution in [0.5, 0.6) is 0 Å². The summed E-state index contributed by atoms with van der Waals surface area (Å²) >= 11 is 5.71. The van der Waals surface area contributed by atoms with Gasteiger partial charge in [-0.15, -0.1) is 0 Å². The number of hydrogen-bond donors (Lipinski definition) is 1. The fraction of sp³-hybridized carbons (Fsp3) is 0.263. The first-order valence-corrected chi connectivity index (χ1v) is 10.7. The molecule has 10 nitrogen and oxygen atoms in total. The van der Waals surface area contributed by atoms with E-state index in [0.717, 1.165) is 16.4 Å². The molecule has 31 heavy (non-hydrogen) atoms. The predicted octanol–water partition coefficient (Wildman–Crippen LogP) is 3.07. The first-order chi connectivity index (χ1) is 14.4. The fourth-order valence-electron chi connectivity index (χ4n) is 2.37. The van der Waals surface area contributed by atoms with Gasteiger partial charge in [0.15, 0.2) is 6.61 Å². The summed E-state index contributed by atoms with van der Waals surface area (Å²) in [6.45, 7) is 2.74. The van der Waals surface area contributed by atoms with Crippen molar-refractivity contribution in [2.45, 2.75) is 24.8 Å². The number of sulfonamides is 1. The lowest BCUT2D eigenvalue weighted by molar-refractivity contribution is -0.384. The van der Waals surface area contributed by atoms with E-state index in [9.17, 15) is 28.1 Å². The van der Waals surface area contributed by atoms with Gasteiger partial charge in [-0.3, -0.25) is 14.9 Å². The first kappa shape index (κ1) is 24.3. The number of nitrogens with one attached hydrogen (secondary N) is 1. The number of ether oxygens (including phenoxy) is 1. The van der Waals surface area contributed by atoms with Crippen molar-refractivity contribution in [1.82, 2.24) is 4.31 Å². The Balaban J connectivity index is 2.06. The highest BCUT2D eigenvalue weighted by Gasteiger charge is 2.24. The van der Waals surface area contributed by atoms with E-state index < -0.39 is 33.4 Å². The third kappa shape index (κ3) is 6.00. The van der Waals surface area contributed by atoms with Crippen molar-refractivity contribution in [2.75, 3.05) is 19.0 Å². The number of hydrogen-bond acceptors (Lipinski definition) is 7. The lowest BCUT2D eigenvalue weighted by atomic mass is 10.2. The number of halogens is 1. The van der Waals surface area contributed by atoms with Gasteiger partial charge in [0.05, 0.1) is 15.4 Å². The fourth-order valence-corrected chi connectivity index (χ4v) is 3.97. The van der Waals surface area contributed by atoms with Gasteiger partial charge < -0.3 is 10.1 Å². The Morgan fingerprint density at radius 2 is 1.90 bits per heavy atom. The smallest absolute Gasteiger partial charge is 0.338 e. The van der Waals surface area contributed by atoms with E-state index in [1.54, 1.807) is 13.8 Å². The minimum absolute atomic E-state index is 0.0480. The summed E-state index contributed by atoms with van der Waals surface area (Å²) in [4.78, 5) is 34.4. The highest BCUT2D eigenvalue weighted by Crippen LogP contribution is 2.27. The number of carbonyl (C=O) groups excluding carboxylic acids is 2. The van der Waals surface area contributed by atoms with Gasteiger partial charge in [0.25, 0.3) is 11.6 Å². The van der Waals surface area contributed by atoms with Gasteiger partial charge in [-0.05, 0) is 44.2 Å². The van der Waals surface area contributed by atoms with Crippen LogP contribution in [0, 0.1) is 10.1 Å². The summed E-state index contributed by atoms with van der Waals surface area (Å²) in [6.07, 6.45) is 0. The standard InChI is InChI=1S/C19H20ClN3O7S/c1-12(2)22(3)31(28,29)15-6-4-5-13(9-15)19(25)30-11-18(24)21-14-7-8-16(20)17(10-14)23(26)27/h4-10,12H,11H2,1-3H3,(H,21,24). The van der Waals surface area contributed by atoms with E-state index >= 15 is 0 Å². The number of rotatable bonds is 8. The zero-order valence-corrected chi connectivity index (χ0v) is 18.4. The van der Waals surface area contributed by atoms with Crippen molar-refractivity contribution in [2.24, 2.45) is 0 Å². The molecule has 2 rings (SSSR count). The summed E-state index contributed by atoms with van der Waals surface area (Å²) in [5.74, 6) is -1.64. The van der Waals surface area contributed by atoms with Crippen LogP contribution in [0.1, 0.15) is 24.2 Å². The quantitative estimate of drug-likeness (QED) is 0.356. The molecule has 1 N–H and O–H groups in total. The lowest BCUT2D eigenvalue weighted by Crippen LogP contribution is -2.33. The van der Waals surface area contributed by atoms with E-state index in [-0.39, 0.29) is 32.9 Å². The average Bonchev–Trinajstić information content (AvgIpc) is 2.72. The Labute approximate surface area is 184 Å². The van der Waals surface area contributed by atoms with E-state index in [1.165, 1.54) is 37.4 Å².